The molecule has 0 radical (unpaired) electrons. The molecule has 0 atom stereocenters. The molecule has 1 aromatic rings. The van der Waals surface area contributed by atoms with Gasteiger partial charge in [0.05, 0.1) is 6.10 Å². The van der Waals surface area contributed by atoms with Crippen LogP contribution in [0.25, 0.3) is 0 Å². The molecular weight excluding hydrogens is 228 g/mol. The van der Waals surface area contributed by atoms with Crippen molar-refractivity contribution in [2.75, 3.05) is 6.54 Å². The topological polar surface area (TPSA) is 75.4 Å². The van der Waals surface area contributed by atoms with Gasteiger partial charge in [0.15, 0.2) is 0 Å². The molecule has 2 rings (SSSR count). The van der Waals surface area contributed by atoms with E-state index in [2.05, 4.69) is 5.32 Å². The molecule has 1 saturated carbocycles. The zero-order chi connectivity index (χ0) is 13.1. The molecule has 0 bridgehead atoms. The molecule has 98 valence electrons. The SMILES string of the molecule is Cc1cc(C(N)=O)ccc1CNCC1CC(O)C1. The number of amides is 1. The van der Waals surface area contributed by atoms with Crippen LogP contribution in [0, 0.1) is 12.8 Å². The molecule has 0 aliphatic heterocycles. The molecule has 1 aromatic carbocycles. The summed E-state index contributed by atoms with van der Waals surface area (Å²) in [5, 5.41) is 12.6. The summed E-state index contributed by atoms with van der Waals surface area (Å²) >= 11 is 0. The number of aliphatic hydroxyl groups is 1. The molecule has 0 saturated heterocycles. The first-order chi connectivity index (χ1) is 8.56. The molecule has 1 fully saturated rings. The number of aryl methyl sites for hydroxylation is 1. The van der Waals surface area contributed by atoms with Gasteiger partial charge in [-0.05, 0) is 55.5 Å². The van der Waals surface area contributed by atoms with Crippen LogP contribution < -0.4 is 11.1 Å². The molecule has 18 heavy (non-hydrogen) atoms. The van der Waals surface area contributed by atoms with E-state index in [0.29, 0.717) is 11.5 Å². The van der Waals surface area contributed by atoms with E-state index >= 15 is 0 Å². The number of nitrogens with one attached hydrogen (secondary N) is 1. The fourth-order valence-corrected chi connectivity index (χ4v) is 2.33. The Balaban J connectivity index is 1.84. The van der Waals surface area contributed by atoms with Crippen LogP contribution in [-0.4, -0.2) is 23.7 Å². The Morgan fingerprint density at radius 2 is 2.22 bits per heavy atom. The Morgan fingerprint density at radius 3 is 2.78 bits per heavy atom. The average Bonchev–Trinajstić information content (AvgIpc) is 2.28. The Kier molecular flexibility index (Phi) is 3.99. The number of aliphatic hydroxyl groups excluding tert-OH is 1. The molecule has 0 heterocycles. The van der Waals surface area contributed by atoms with E-state index in [-0.39, 0.29) is 12.0 Å². The summed E-state index contributed by atoms with van der Waals surface area (Å²) in [6.07, 6.45) is 1.73. The summed E-state index contributed by atoms with van der Waals surface area (Å²) in [7, 11) is 0. The van der Waals surface area contributed by atoms with E-state index in [1.165, 1.54) is 5.56 Å². The Bertz CT molecular complexity index is 439. The largest absolute Gasteiger partial charge is 0.393 e. The highest BCUT2D eigenvalue weighted by Crippen LogP contribution is 2.26. The van der Waals surface area contributed by atoms with Gasteiger partial charge in [-0.1, -0.05) is 6.07 Å². The minimum Gasteiger partial charge on any atom is -0.393 e. The zero-order valence-electron chi connectivity index (χ0n) is 10.6. The number of nitrogens with two attached hydrogens (primary N) is 1. The van der Waals surface area contributed by atoms with E-state index in [1.54, 1.807) is 6.07 Å². The number of benzene rings is 1. The van der Waals surface area contributed by atoms with Gasteiger partial charge in [-0.3, -0.25) is 4.79 Å². The molecule has 0 aromatic heterocycles. The maximum absolute atomic E-state index is 11.0. The monoisotopic (exact) mass is 248 g/mol. The van der Waals surface area contributed by atoms with E-state index in [4.69, 9.17) is 5.73 Å². The maximum atomic E-state index is 11.0. The molecule has 4 N–H and O–H groups in total. The van der Waals surface area contributed by atoms with Crippen LogP contribution in [0.1, 0.15) is 34.3 Å². The fraction of sp³-hybridized carbons (Fsp3) is 0.500. The summed E-state index contributed by atoms with van der Waals surface area (Å²) in [6, 6.07) is 5.53. The summed E-state index contributed by atoms with van der Waals surface area (Å²) < 4.78 is 0. The van der Waals surface area contributed by atoms with Crippen LogP contribution >= 0.6 is 0 Å². The Hall–Kier alpha value is -1.39. The van der Waals surface area contributed by atoms with E-state index in [0.717, 1.165) is 31.5 Å². The van der Waals surface area contributed by atoms with Gasteiger partial charge >= 0.3 is 0 Å². The fourth-order valence-electron chi connectivity index (χ4n) is 2.33. The number of rotatable bonds is 5. The quantitative estimate of drug-likeness (QED) is 0.726. The van der Waals surface area contributed by atoms with Crippen molar-refractivity contribution in [3.63, 3.8) is 0 Å². The molecule has 1 amide bonds. The van der Waals surface area contributed by atoms with Gasteiger partial charge in [0.1, 0.15) is 0 Å². The van der Waals surface area contributed by atoms with Crippen molar-refractivity contribution in [3.8, 4) is 0 Å². The lowest BCUT2D eigenvalue weighted by Gasteiger charge is -2.31. The minimum atomic E-state index is -0.388. The maximum Gasteiger partial charge on any atom is 0.248 e. The summed E-state index contributed by atoms with van der Waals surface area (Å²) in [4.78, 5) is 11.0. The first-order valence-electron chi connectivity index (χ1n) is 6.34. The highest BCUT2D eigenvalue weighted by atomic mass is 16.3. The van der Waals surface area contributed by atoms with Crippen molar-refractivity contribution in [2.24, 2.45) is 11.7 Å². The van der Waals surface area contributed by atoms with Gasteiger partial charge < -0.3 is 16.2 Å². The highest BCUT2D eigenvalue weighted by molar-refractivity contribution is 5.93. The Morgan fingerprint density at radius 1 is 1.50 bits per heavy atom. The minimum absolute atomic E-state index is 0.0895. The number of carbonyl (C=O) groups excluding carboxylic acids is 1. The van der Waals surface area contributed by atoms with Crippen LogP contribution in [0.2, 0.25) is 0 Å². The van der Waals surface area contributed by atoms with Crippen molar-refractivity contribution < 1.29 is 9.90 Å². The summed E-state index contributed by atoms with van der Waals surface area (Å²) in [6.45, 7) is 3.71. The summed E-state index contributed by atoms with van der Waals surface area (Å²) in [5.41, 5.74) is 8.04. The molecule has 4 heteroatoms. The third-order valence-corrected chi connectivity index (χ3v) is 3.59. The van der Waals surface area contributed by atoms with Gasteiger partial charge in [0.25, 0.3) is 0 Å². The predicted molar refractivity (Wildman–Crippen MR) is 70.1 cm³/mol. The van der Waals surface area contributed by atoms with Gasteiger partial charge in [-0.15, -0.1) is 0 Å². The zero-order valence-corrected chi connectivity index (χ0v) is 10.6. The van der Waals surface area contributed by atoms with Crippen LogP contribution in [0.15, 0.2) is 18.2 Å². The molecular formula is C14H20N2O2. The number of carbonyl (C=O) groups is 1. The van der Waals surface area contributed by atoms with Crippen LogP contribution in [0.5, 0.6) is 0 Å². The third kappa shape index (κ3) is 3.09. The third-order valence-electron chi connectivity index (χ3n) is 3.59. The van der Waals surface area contributed by atoms with E-state index in [9.17, 15) is 9.90 Å². The van der Waals surface area contributed by atoms with Crippen molar-refractivity contribution in [3.05, 3.63) is 34.9 Å². The normalized spacial score (nSPS) is 22.6. The first-order valence-corrected chi connectivity index (χ1v) is 6.34. The molecule has 4 nitrogen and oxygen atoms in total. The predicted octanol–water partition coefficient (Wildman–Crippen LogP) is 0.954. The summed E-state index contributed by atoms with van der Waals surface area (Å²) in [5.74, 6) is 0.214. The van der Waals surface area contributed by atoms with Crippen molar-refractivity contribution in [1.82, 2.24) is 5.32 Å². The first kappa shape index (κ1) is 13.1. The lowest BCUT2D eigenvalue weighted by Crippen LogP contribution is -2.36. The standard InChI is InChI=1S/C14H20N2O2/c1-9-4-11(14(15)18)2-3-12(9)8-16-7-10-5-13(17)6-10/h2-4,10,13,16-17H,5-8H2,1H3,(H2,15,18). The molecule has 1 aliphatic carbocycles. The van der Waals surface area contributed by atoms with E-state index in [1.807, 2.05) is 19.1 Å². The van der Waals surface area contributed by atoms with Crippen molar-refractivity contribution in [1.29, 1.82) is 0 Å². The van der Waals surface area contributed by atoms with E-state index < -0.39 is 0 Å². The van der Waals surface area contributed by atoms with Gasteiger partial charge in [-0.25, -0.2) is 0 Å². The number of hydrogen-bond donors (Lipinski definition) is 3. The second kappa shape index (κ2) is 5.50. The van der Waals surface area contributed by atoms with Gasteiger partial charge in [0, 0.05) is 12.1 Å². The molecule has 1 aliphatic rings. The van der Waals surface area contributed by atoms with Crippen LogP contribution in [0.4, 0.5) is 0 Å². The second-order valence-corrected chi connectivity index (χ2v) is 5.13. The average molecular weight is 248 g/mol. The lowest BCUT2D eigenvalue weighted by atomic mass is 9.82. The Labute approximate surface area is 107 Å². The highest BCUT2D eigenvalue weighted by Gasteiger charge is 2.26. The number of hydrogen-bond acceptors (Lipinski definition) is 3. The smallest absolute Gasteiger partial charge is 0.248 e. The van der Waals surface area contributed by atoms with Gasteiger partial charge in [-0.2, -0.15) is 0 Å². The van der Waals surface area contributed by atoms with Crippen LogP contribution in [0.3, 0.4) is 0 Å². The lowest BCUT2D eigenvalue weighted by molar-refractivity contribution is 0.0429. The van der Waals surface area contributed by atoms with Crippen LogP contribution in [-0.2, 0) is 6.54 Å². The van der Waals surface area contributed by atoms with Crippen molar-refractivity contribution >= 4 is 5.91 Å². The molecule has 0 spiro atoms. The van der Waals surface area contributed by atoms with Crippen molar-refractivity contribution in [2.45, 2.75) is 32.4 Å². The van der Waals surface area contributed by atoms with Gasteiger partial charge in [0.2, 0.25) is 5.91 Å². The number of primary amides is 1. The second-order valence-electron chi connectivity index (χ2n) is 5.13. The molecule has 0 unspecified atom stereocenters.